The summed E-state index contributed by atoms with van der Waals surface area (Å²) in [6.07, 6.45) is 4.47. The smallest absolute Gasteiger partial charge is 0.227 e. The monoisotopic (exact) mass is 302 g/mol. The maximum absolute atomic E-state index is 12.2. The summed E-state index contributed by atoms with van der Waals surface area (Å²) in [4.78, 5) is 22.6. The Labute approximate surface area is 130 Å². The second-order valence-electron chi connectivity index (χ2n) is 5.11. The van der Waals surface area contributed by atoms with E-state index >= 15 is 0 Å². The van der Waals surface area contributed by atoms with Crippen LogP contribution in [0.5, 0.6) is 0 Å². The van der Waals surface area contributed by atoms with Crippen molar-refractivity contribution in [3.05, 3.63) is 30.3 Å². The van der Waals surface area contributed by atoms with Crippen LogP contribution < -0.4 is 0 Å². The Morgan fingerprint density at radius 1 is 1.23 bits per heavy atom. The van der Waals surface area contributed by atoms with Gasteiger partial charge in [-0.05, 0) is 25.0 Å². The number of aryl methyl sites for hydroxylation is 1. The lowest BCUT2D eigenvalue weighted by Gasteiger charge is -2.20. The lowest BCUT2D eigenvalue weighted by Crippen LogP contribution is -2.32. The number of pyridine rings is 1. The lowest BCUT2D eigenvalue weighted by atomic mass is 10.2. The van der Waals surface area contributed by atoms with Gasteiger partial charge >= 0.3 is 0 Å². The van der Waals surface area contributed by atoms with Crippen LogP contribution in [0, 0.1) is 0 Å². The van der Waals surface area contributed by atoms with Crippen molar-refractivity contribution in [2.75, 3.05) is 13.1 Å². The van der Waals surface area contributed by atoms with Gasteiger partial charge in [0.05, 0.1) is 0 Å². The lowest BCUT2D eigenvalue weighted by molar-refractivity contribution is -0.131. The van der Waals surface area contributed by atoms with Crippen molar-refractivity contribution >= 4 is 5.91 Å². The predicted octanol–water partition coefficient (Wildman–Crippen LogP) is 2.71. The van der Waals surface area contributed by atoms with E-state index in [1.807, 2.05) is 23.1 Å². The van der Waals surface area contributed by atoms with Crippen LogP contribution in [0.3, 0.4) is 0 Å². The average molecular weight is 302 g/mol. The molecule has 2 heterocycles. The number of amides is 1. The minimum Gasteiger partial charge on any atom is -0.343 e. The molecule has 0 spiro atoms. The summed E-state index contributed by atoms with van der Waals surface area (Å²) in [6, 6.07) is 5.53. The Balaban J connectivity index is 1.92. The number of carbonyl (C=O) groups is 1. The van der Waals surface area contributed by atoms with Crippen molar-refractivity contribution in [3.63, 3.8) is 0 Å². The Hall–Kier alpha value is -2.24. The van der Waals surface area contributed by atoms with Crippen LogP contribution in [-0.4, -0.2) is 39.0 Å². The van der Waals surface area contributed by atoms with Crippen molar-refractivity contribution in [1.29, 1.82) is 0 Å². The standard InChI is InChI=1S/C16H22N4O2/c1-3-11-20(12-4-2)15(21)9-8-14-18-16(19-22-14)13-7-5-6-10-17-13/h5-7,10H,3-4,8-9,11-12H2,1-2H3. The molecule has 22 heavy (non-hydrogen) atoms. The van der Waals surface area contributed by atoms with Crippen LogP contribution >= 0.6 is 0 Å². The van der Waals surface area contributed by atoms with Crippen molar-refractivity contribution in [1.82, 2.24) is 20.0 Å². The Morgan fingerprint density at radius 2 is 2.00 bits per heavy atom. The van der Waals surface area contributed by atoms with E-state index in [4.69, 9.17) is 4.52 Å². The summed E-state index contributed by atoms with van der Waals surface area (Å²) >= 11 is 0. The molecule has 2 aromatic rings. The highest BCUT2D eigenvalue weighted by Crippen LogP contribution is 2.13. The van der Waals surface area contributed by atoms with Gasteiger partial charge in [-0.3, -0.25) is 9.78 Å². The zero-order valence-corrected chi connectivity index (χ0v) is 13.2. The van der Waals surface area contributed by atoms with Crippen LogP contribution in [0.25, 0.3) is 11.5 Å². The molecule has 0 aliphatic carbocycles. The first-order valence-electron chi connectivity index (χ1n) is 7.76. The Bertz CT molecular complexity index is 577. The number of hydrogen-bond acceptors (Lipinski definition) is 5. The minimum atomic E-state index is 0.140. The molecule has 1 amide bonds. The molecule has 6 nitrogen and oxygen atoms in total. The van der Waals surface area contributed by atoms with Gasteiger partial charge in [0.2, 0.25) is 17.6 Å². The van der Waals surface area contributed by atoms with Gasteiger partial charge in [-0.25, -0.2) is 0 Å². The number of hydrogen-bond donors (Lipinski definition) is 0. The topological polar surface area (TPSA) is 72.1 Å². The fourth-order valence-electron chi connectivity index (χ4n) is 2.23. The third kappa shape index (κ3) is 4.38. The van der Waals surface area contributed by atoms with Crippen LogP contribution in [-0.2, 0) is 11.2 Å². The zero-order chi connectivity index (χ0) is 15.8. The van der Waals surface area contributed by atoms with Gasteiger partial charge in [-0.1, -0.05) is 25.1 Å². The highest BCUT2D eigenvalue weighted by Gasteiger charge is 2.15. The first-order chi connectivity index (χ1) is 10.7. The van der Waals surface area contributed by atoms with Gasteiger partial charge in [0.1, 0.15) is 5.69 Å². The maximum Gasteiger partial charge on any atom is 0.227 e. The van der Waals surface area contributed by atoms with Gasteiger partial charge in [0.15, 0.2) is 0 Å². The molecule has 0 aliphatic rings. The molecule has 0 atom stereocenters. The molecule has 0 unspecified atom stereocenters. The van der Waals surface area contributed by atoms with Crippen molar-refractivity contribution < 1.29 is 9.32 Å². The molecule has 0 radical (unpaired) electrons. The molecule has 118 valence electrons. The quantitative estimate of drug-likeness (QED) is 0.749. The second kappa shape index (κ2) is 8.26. The molecular weight excluding hydrogens is 280 g/mol. The third-order valence-corrected chi connectivity index (χ3v) is 3.25. The molecular formula is C16H22N4O2. The Morgan fingerprint density at radius 3 is 2.64 bits per heavy atom. The van der Waals surface area contributed by atoms with E-state index in [2.05, 4.69) is 29.0 Å². The minimum absolute atomic E-state index is 0.140. The van der Waals surface area contributed by atoms with E-state index in [0.29, 0.717) is 30.3 Å². The SMILES string of the molecule is CCCN(CCC)C(=O)CCc1nc(-c2ccccn2)no1. The molecule has 0 aliphatic heterocycles. The zero-order valence-electron chi connectivity index (χ0n) is 13.2. The summed E-state index contributed by atoms with van der Waals surface area (Å²) in [5.41, 5.74) is 0.669. The molecule has 0 saturated carbocycles. The molecule has 0 bridgehead atoms. The fourth-order valence-corrected chi connectivity index (χ4v) is 2.23. The highest BCUT2D eigenvalue weighted by atomic mass is 16.5. The molecule has 0 fully saturated rings. The first-order valence-corrected chi connectivity index (χ1v) is 7.76. The van der Waals surface area contributed by atoms with Crippen LogP contribution in [0.1, 0.15) is 39.0 Å². The van der Waals surface area contributed by atoms with E-state index in [0.717, 1.165) is 25.9 Å². The molecule has 2 rings (SSSR count). The third-order valence-electron chi connectivity index (χ3n) is 3.25. The number of nitrogens with zero attached hydrogens (tertiary/aromatic N) is 4. The normalized spacial score (nSPS) is 10.6. The Kier molecular flexibility index (Phi) is 6.06. The van der Waals surface area contributed by atoms with Gasteiger partial charge in [0.25, 0.3) is 0 Å². The van der Waals surface area contributed by atoms with Crippen LogP contribution in [0.4, 0.5) is 0 Å². The second-order valence-corrected chi connectivity index (χ2v) is 5.11. The summed E-state index contributed by atoms with van der Waals surface area (Å²) in [5, 5.41) is 3.91. The van der Waals surface area contributed by atoms with E-state index in [1.165, 1.54) is 0 Å². The molecule has 0 saturated heterocycles. The van der Waals surface area contributed by atoms with Crippen molar-refractivity contribution in [3.8, 4) is 11.5 Å². The summed E-state index contributed by atoms with van der Waals surface area (Å²) in [7, 11) is 0. The van der Waals surface area contributed by atoms with E-state index in [-0.39, 0.29) is 5.91 Å². The molecule has 0 aromatic carbocycles. The molecule has 0 N–H and O–H groups in total. The van der Waals surface area contributed by atoms with E-state index in [9.17, 15) is 4.79 Å². The van der Waals surface area contributed by atoms with Crippen molar-refractivity contribution in [2.45, 2.75) is 39.5 Å². The first kappa shape index (κ1) is 16.1. The van der Waals surface area contributed by atoms with Gasteiger partial charge < -0.3 is 9.42 Å². The fraction of sp³-hybridized carbons (Fsp3) is 0.500. The van der Waals surface area contributed by atoms with E-state index < -0.39 is 0 Å². The molecule has 6 heteroatoms. The van der Waals surface area contributed by atoms with Crippen molar-refractivity contribution in [2.24, 2.45) is 0 Å². The number of aromatic nitrogens is 3. The highest BCUT2D eigenvalue weighted by molar-refractivity contribution is 5.76. The van der Waals surface area contributed by atoms with Gasteiger partial charge in [-0.15, -0.1) is 0 Å². The number of carbonyl (C=O) groups excluding carboxylic acids is 1. The number of rotatable bonds is 8. The summed E-state index contributed by atoms with van der Waals surface area (Å²) < 4.78 is 5.20. The predicted molar refractivity (Wildman–Crippen MR) is 83.0 cm³/mol. The maximum atomic E-state index is 12.2. The van der Waals surface area contributed by atoms with E-state index in [1.54, 1.807) is 6.20 Å². The summed E-state index contributed by atoms with van der Waals surface area (Å²) in [5.74, 6) is 1.07. The van der Waals surface area contributed by atoms with Crippen LogP contribution in [0.15, 0.2) is 28.9 Å². The van der Waals surface area contributed by atoms with Gasteiger partial charge in [0, 0.05) is 32.1 Å². The largest absolute Gasteiger partial charge is 0.343 e. The average Bonchev–Trinajstić information content (AvgIpc) is 3.02. The van der Waals surface area contributed by atoms with Crippen LogP contribution in [0.2, 0.25) is 0 Å². The molecule has 2 aromatic heterocycles. The van der Waals surface area contributed by atoms with Gasteiger partial charge in [-0.2, -0.15) is 4.98 Å². The summed E-state index contributed by atoms with van der Waals surface area (Å²) in [6.45, 7) is 5.76.